The molecule has 0 unspecified atom stereocenters. The Hall–Kier alpha value is 0.574. The van der Waals surface area contributed by atoms with Crippen LogP contribution in [-0.4, -0.2) is 11.1 Å². The van der Waals surface area contributed by atoms with E-state index >= 15 is 0 Å². The van der Waals surface area contributed by atoms with Crippen LogP contribution in [0.5, 0.6) is 0 Å². The first-order chi connectivity index (χ1) is 3.50. The van der Waals surface area contributed by atoms with E-state index in [1.54, 1.807) is 13.8 Å². The molecule has 3 heteroatoms. The predicted octanol–water partition coefficient (Wildman–Crippen LogP) is 1.50. The van der Waals surface area contributed by atoms with Crippen molar-refractivity contribution in [2.45, 2.75) is 27.2 Å². The van der Waals surface area contributed by atoms with Crippen LogP contribution in [0.15, 0.2) is 0 Å². The molecule has 9 heavy (non-hydrogen) atoms. The minimum Gasteiger partial charge on any atom is -0.481 e. The van der Waals surface area contributed by atoms with Crippen LogP contribution in [0.2, 0.25) is 0 Å². The molecular formula is C6H12O2Y. The van der Waals surface area contributed by atoms with Gasteiger partial charge in [-0.05, 0) is 20.3 Å². The summed E-state index contributed by atoms with van der Waals surface area (Å²) in [6.45, 7) is 5.30. The maximum Gasteiger partial charge on any atom is 0.309 e. The fraction of sp³-hybridized carbons (Fsp3) is 0.833. The fourth-order valence-electron chi connectivity index (χ4n) is 0.151. The SMILES string of the molecule is CCC(C)(C)C(=O)O.[Y]. The Kier molecular flexibility index (Phi) is 6.00. The summed E-state index contributed by atoms with van der Waals surface area (Å²) in [5.74, 6) is -0.722. The first-order valence-corrected chi connectivity index (χ1v) is 2.74. The quantitative estimate of drug-likeness (QED) is 0.741. The molecule has 0 aliphatic carbocycles. The van der Waals surface area contributed by atoms with E-state index in [9.17, 15) is 4.79 Å². The van der Waals surface area contributed by atoms with E-state index in [1.807, 2.05) is 6.92 Å². The molecule has 0 heterocycles. The molecule has 0 aliphatic heterocycles. The molecule has 1 radical (unpaired) electrons. The third-order valence-electron chi connectivity index (χ3n) is 1.46. The van der Waals surface area contributed by atoms with Crippen LogP contribution in [0.3, 0.4) is 0 Å². The van der Waals surface area contributed by atoms with Gasteiger partial charge in [0.05, 0.1) is 5.41 Å². The summed E-state index contributed by atoms with van der Waals surface area (Å²) < 4.78 is 0. The number of rotatable bonds is 2. The molecule has 0 rings (SSSR count). The molecule has 0 bridgehead atoms. The molecule has 0 saturated carbocycles. The van der Waals surface area contributed by atoms with E-state index in [0.717, 1.165) is 0 Å². The molecule has 0 aromatic heterocycles. The maximum atomic E-state index is 10.3. The largest absolute Gasteiger partial charge is 0.481 e. The summed E-state index contributed by atoms with van der Waals surface area (Å²) in [6.07, 6.45) is 0.683. The zero-order valence-electron chi connectivity index (χ0n) is 6.14. The topological polar surface area (TPSA) is 37.3 Å². The molecule has 0 fully saturated rings. The Morgan fingerprint density at radius 1 is 1.56 bits per heavy atom. The summed E-state index contributed by atoms with van der Waals surface area (Å²) >= 11 is 0. The molecular weight excluding hydrogens is 193 g/mol. The van der Waals surface area contributed by atoms with Crippen molar-refractivity contribution in [1.82, 2.24) is 0 Å². The van der Waals surface area contributed by atoms with E-state index in [-0.39, 0.29) is 32.7 Å². The minimum absolute atomic E-state index is 0. The maximum absolute atomic E-state index is 10.3. The van der Waals surface area contributed by atoms with Gasteiger partial charge in [-0.25, -0.2) is 0 Å². The Bertz CT molecular complexity index is 99.2. The van der Waals surface area contributed by atoms with Gasteiger partial charge >= 0.3 is 5.97 Å². The summed E-state index contributed by atoms with van der Waals surface area (Å²) in [5, 5.41) is 8.44. The van der Waals surface area contributed by atoms with Crippen LogP contribution in [0.25, 0.3) is 0 Å². The van der Waals surface area contributed by atoms with Crippen molar-refractivity contribution in [2.75, 3.05) is 0 Å². The zero-order chi connectivity index (χ0) is 6.78. The average molecular weight is 205 g/mol. The number of hydrogen-bond acceptors (Lipinski definition) is 1. The Morgan fingerprint density at radius 2 is 1.89 bits per heavy atom. The molecule has 2 nitrogen and oxygen atoms in total. The second-order valence-corrected chi connectivity index (χ2v) is 2.54. The average Bonchev–Trinajstić information content (AvgIpc) is 1.67. The smallest absolute Gasteiger partial charge is 0.309 e. The number of aliphatic carboxylic acids is 1. The van der Waals surface area contributed by atoms with Crippen LogP contribution in [0.4, 0.5) is 0 Å². The summed E-state index contributed by atoms with van der Waals surface area (Å²) in [7, 11) is 0. The molecule has 51 valence electrons. The van der Waals surface area contributed by atoms with Crippen molar-refractivity contribution in [3.05, 3.63) is 0 Å². The number of carboxylic acids is 1. The third kappa shape index (κ3) is 4.04. The van der Waals surface area contributed by atoms with Gasteiger partial charge in [0.2, 0.25) is 0 Å². The van der Waals surface area contributed by atoms with Crippen molar-refractivity contribution in [1.29, 1.82) is 0 Å². The minimum atomic E-state index is -0.722. The van der Waals surface area contributed by atoms with Gasteiger partial charge in [-0.3, -0.25) is 4.79 Å². The molecule has 0 saturated heterocycles. The first kappa shape index (κ1) is 12.3. The summed E-state index contributed by atoms with van der Waals surface area (Å²) in [4.78, 5) is 10.3. The van der Waals surface area contributed by atoms with E-state index in [0.29, 0.717) is 6.42 Å². The summed E-state index contributed by atoms with van der Waals surface area (Å²) in [6, 6.07) is 0. The normalized spacial score (nSPS) is 10.1. The van der Waals surface area contributed by atoms with Crippen LogP contribution >= 0.6 is 0 Å². The van der Waals surface area contributed by atoms with Gasteiger partial charge in [-0.15, -0.1) is 0 Å². The molecule has 0 aliphatic rings. The van der Waals surface area contributed by atoms with Crippen LogP contribution in [0, 0.1) is 5.41 Å². The molecule has 1 N–H and O–H groups in total. The van der Waals surface area contributed by atoms with Gasteiger partial charge in [0, 0.05) is 32.7 Å². The second-order valence-electron chi connectivity index (χ2n) is 2.54. The molecule has 0 aromatic rings. The third-order valence-corrected chi connectivity index (χ3v) is 1.46. The fourth-order valence-corrected chi connectivity index (χ4v) is 0.151. The zero-order valence-corrected chi connectivity index (χ0v) is 8.98. The predicted molar refractivity (Wildman–Crippen MR) is 31.7 cm³/mol. The van der Waals surface area contributed by atoms with Gasteiger partial charge in [-0.1, -0.05) is 6.92 Å². The van der Waals surface area contributed by atoms with Crippen LogP contribution in [-0.2, 0) is 37.5 Å². The number of hydrogen-bond donors (Lipinski definition) is 1. The van der Waals surface area contributed by atoms with Crippen molar-refractivity contribution in [3.63, 3.8) is 0 Å². The molecule has 0 amide bonds. The first-order valence-electron chi connectivity index (χ1n) is 2.74. The van der Waals surface area contributed by atoms with Crippen LogP contribution in [0.1, 0.15) is 27.2 Å². The Labute approximate surface area is 80.9 Å². The van der Waals surface area contributed by atoms with E-state index < -0.39 is 11.4 Å². The van der Waals surface area contributed by atoms with Crippen molar-refractivity contribution in [2.24, 2.45) is 5.41 Å². The second kappa shape index (κ2) is 4.40. The van der Waals surface area contributed by atoms with Gasteiger partial charge < -0.3 is 5.11 Å². The van der Waals surface area contributed by atoms with Crippen molar-refractivity contribution in [3.8, 4) is 0 Å². The van der Waals surface area contributed by atoms with Gasteiger partial charge in [-0.2, -0.15) is 0 Å². The Morgan fingerprint density at radius 3 is 1.89 bits per heavy atom. The van der Waals surface area contributed by atoms with Crippen molar-refractivity contribution < 1.29 is 42.6 Å². The molecule has 0 spiro atoms. The Balaban J connectivity index is 0. The monoisotopic (exact) mass is 205 g/mol. The van der Waals surface area contributed by atoms with Crippen molar-refractivity contribution >= 4 is 5.97 Å². The molecule has 0 aromatic carbocycles. The van der Waals surface area contributed by atoms with E-state index in [2.05, 4.69) is 0 Å². The number of carbonyl (C=O) groups is 1. The molecule has 0 atom stereocenters. The van der Waals surface area contributed by atoms with Gasteiger partial charge in [0.15, 0.2) is 0 Å². The van der Waals surface area contributed by atoms with Gasteiger partial charge in [0.1, 0.15) is 0 Å². The summed E-state index contributed by atoms with van der Waals surface area (Å²) in [5.41, 5.74) is -0.542. The van der Waals surface area contributed by atoms with E-state index in [4.69, 9.17) is 5.11 Å². The standard InChI is InChI=1S/C6H12O2.Y/c1-4-6(2,3)5(7)8;/h4H2,1-3H3,(H,7,8);. The van der Waals surface area contributed by atoms with E-state index in [1.165, 1.54) is 0 Å². The van der Waals surface area contributed by atoms with Gasteiger partial charge in [0.25, 0.3) is 0 Å². The van der Waals surface area contributed by atoms with Crippen LogP contribution < -0.4 is 0 Å². The number of carboxylic acid groups (broad SMARTS) is 1.